The Morgan fingerprint density at radius 1 is 1.10 bits per heavy atom. The van der Waals surface area contributed by atoms with Crippen molar-refractivity contribution < 1.29 is 4.74 Å². The number of nitrogens with one attached hydrogen (secondary N) is 2. The number of nitrogens with zero attached hydrogens (tertiary/aromatic N) is 3. The summed E-state index contributed by atoms with van der Waals surface area (Å²) in [5.41, 5.74) is 0. The third-order valence-electron chi connectivity index (χ3n) is 4.02. The lowest BCUT2D eigenvalue weighted by Gasteiger charge is -2.31. The second kappa shape index (κ2) is 8.00. The Kier molecular flexibility index (Phi) is 6.02. The molecule has 0 aromatic carbocycles. The summed E-state index contributed by atoms with van der Waals surface area (Å²) < 4.78 is 5.54. The maximum Gasteiger partial charge on any atom is 0.323 e. The summed E-state index contributed by atoms with van der Waals surface area (Å²) in [7, 11) is 1.80. The summed E-state index contributed by atoms with van der Waals surface area (Å²) in [6.07, 6.45) is 7.21. The Hall–Kier alpha value is -1.59. The molecule has 0 aliphatic heterocycles. The Balaban J connectivity index is 2.10. The van der Waals surface area contributed by atoms with Crippen molar-refractivity contribution >= 4 is 11.9 Å². The van der Waals surface area contributed by atoms with Crippen molar-refractivity contribution in [3.8, 4) is 6.01 Å². The van der Waals surface area contributed by atoms with Gasteiger partial charge < -0.3 is 15.4 Å². The number of anilines is 2. The predicted molar refractivity (Wildman–Crippen MR) is 84.8 cm³/mol. The van der Waals surface area contributed by atoms with Crippen LogP contribution in [0.2, 0.25) is 0 Å². The lowest BCUT2D eigenvalue weighted by atomic mass is 9.83. The van der Waals surface area contributed by atoms with Crippen LogP contribution < -0.4 is 15.4 Å². The van der Waals surface area contributed by atoms with Gasteiger partial charge in [-0.3, -0.25) is 0 Å². The maximum atomic E-state index is 5.54. The first-order chi connectivity index (χ1) is 10.3. The summed E-state index contributed by atoms with van der Waals surface area (Å²) in [6, 6.07) is 0.845. The molecule has 2 atom stereocenters. The van der Waals surface area contributed by atoms with Gasteiger partial charge in [-0.2, -0.15) is 15.0 Å². The largest absolute Gasteiger partial charge is 0.463 e. The molecule has 2 rings (SSSR count). The molecule has 1 aliphatic carbocycles. The molecular weight excluding hydrogens is 266 g/mol. The van der Waals surface area contributed by atoms with E-state index in [1.54, 1.807) is 7.05 Å². The van der Waals surface area contributed by atoms with E-state index in [0.29, 0.717) is 36.5 Å². The minimum Gasteiger partial charge on any atom is -0.463 e. The van der Waals surface area contributed by atoms with Crippen LogP contribution in [0, 0.1) is 5.92 Å². The van der Waals surface area contributed by atoms with Gasteiger partial charge in [0.25, 0.3) is 0 Å². The Bertz CT molecular complexity index is 440. The molecule has 2 N–H and O–H groups in total. The van der Waals surface area contributed by atoms with E-state index in [-0.39, 0.29) is 0 Å². The predicted octanol–water partition coefficient (Wildman–Crippen LogP) is 3.08. The molecule has 1 heterocycles. The van der Waals surface area contributed by atoms with Crippen molar-refractivity contribution in [2.45, 2.75) is 58.4 Å². The van der Waals surface area contributed by atoms with Gasteiger partial charge in [0.15, 0.2) is 0 Å². The van der Waals surface area contributed by atoms with Crippen LogP contribution in [0.3, 0.4) is 0 Å². The minimum atomic E-state index is 0.391. The van der Waals surface area contributed by atoms with Crippen molar-refractivity contribution in [3.05, 3.63) is 0 Å². The molecule has 0 saturated heterocycles. The first-order valence-corrected chi connectivity index (χ1v) is 8.10. The quantitative estimate of drug-likeness (QED) is 0.805. The van der Waals surface area contributed by atoms with Gasteiger partial charge in [0.1, 0.15) is 0 Å². The fourth-order valence-electron chi connectivity index (χ4n) is 2.84. The SMILES string of the molecule is CCCOc1nc(NC)nc(NC2CCCCC2CC)n1. The molecular formula is C15H27N5O. The van der Waals surface area contributed by atoms with E-state index in [4.69, 9.17) is 4.74 Å². The van der Waals surface area contributed by atoms with Crippen LogP contribution in [0.4, 0.5) is 11.9 Å². The summed E-state index contributed by atoms with van der Waals surface area (Å²) in [4.78, 5) is 13.0. The molecule has 0 bridgehead atoms. The monoisotopic (exact) mass is 293 g/mol. The van der Waals surface area contributed by atoms with Gasteiger partial charge in [0.05, 0.1) is 6.61 Å². The van der Waals surface area contributed by atoms with Crippen LogP contribution in [-0.4, -0.2) is 34.6 Å². The Labute approximate surface area is 127 Å². The smallest absolute Gasteiger partial charge is 0.323 e. The van der Waals surface area contributed by atoms with Crippen molar-refractivity contribution in [1.29, 1.82) is 0 Å². The molecule has 1 aliphatic rings. The molecule has 1 aromatic rings. The summed E-state index contributed by atoms with van der Waals surface area (Å²) in [6.45, 7) is 4.94. The van der Waals surface area contributed by atoms with E-state index in [0.717, 1.165) is 6.42 Å². The lowest BCUT2D eigenvalue weighted by Crippen LogP contribution is -2.32. The number of rotatable bonds is 7. The first kappa shape index (κ1) is 15.8. The van der Waals surface area contributed by atoms with Gasteiger partial charge in [-0.05, 0) is 25.2 Å². The van der Waals surface area contributed by atoms with Crippen LogP contribution in [-0.2, 0) is 0 Å². The van der Waals surface area contributed by atoms with Crippen LogP contribution in [0.15, 0.2) is 0 Å². The summed E-state index contributed by atoms with van der Waals surface area (Å²) in [5.74, 6) is 1.86. The van der Waals surface area contributed by atoms with Crippen molar-refractivity contribution in [2.24, 2.45) is 5.92 Å². The molecule has 0 radical (unpaired) electrons. The Morgan fingerprint density at radius 3 is 2.57 bits per heavy atom. The third-order valence-corrected chi connectivity index (χ3v) is 4.02. The number of hydrogen-bond acceptors (Lipinski definition) is 6. The zero-order valence-electron chi connectivity index (χ0n) is 13.4. The van der Waals surface area contributed by atoms with E-state index >= 15 is 0 Å². The van der Waals surface area contributed by atoms with E-state index < -0.39 is 0 Å². The summed E-state index contributed by atoms with van der Waals surface area (Å²) >= 11 is 0. The zero-order chi connectivity index (χ0) is 15.1. The normalized spacial score (nSPS) is 21.9. The van der Waals surface area contributed by atoms with Gasteiger partial charge >= 0.3 is 6.01 Å². The second-order valence-corrected chi connectivity index (χ2v) is 5.57. The van der Waals surface area contributed by atoms with Gasteiger partial charge in [-0.25, -0.2) is 0 Å². The van der Waals surface area contributed by atoms with Crippen LogP contribution >= 0.6 is 0 Å². The molecule has 0 amide bonds. The number of aromatic nitrogens is 3. The highest BCUT2D eigenvalue weighted by Crippen LogP contribution is 2.29. The molecule has 6 heteroatoms. The number of hydrogen-bond donors (Lipinski definition) is 2. The van der Waals surface area contributed by atoms with E-state index in [9.17, 15) is 0 Å². The molecule has 21 heavy (non-hydrogen) atoms. The van der Waals surface area contributed by atoms with Crippen LogP contribution in [0.25, 0.3) is 0 Å². The molecule has 1 fully saturated rings. The van der Waals surface area contributed by atoms with Crippen molar-refractivity contribution in [3.63, 3.8) is 0 Å². The standard InChI is InChI=1S/C15H27N5O/c1-4-10-21-15-19-13(16-3)18-14(20-15)17-12-9-7-6-8-11(12)5-2/h11-12H,4-10H2,1-3H3,(H2,16,17,18,19,20). The summed E-state index contributed by atoms with van der Waals surface area (Å²) in [5, 5.41) is 6.46. The van der Waals surface area contributed by atoms with Gasteiger partial charge in [0, 0.05) is 13.1 Å². The fraction of sp³-hybridized carbons (Fsp3) is 0.800. The van der Waals surface area contributed by atoms with Crippen molar-refractivity contribution in [1.82, 2.24) is 15.0 Å². The lowest BCUT2D eigenvalue weighted by molar-refractivity contribution is 0.290. The average Bonchev–Trinajstić information content (AvgIpc) is 2.53. The first-order valence-electron chi connectivity index (χ1n) is 8.10. The highest BCUT2D eigenvalue weighted by Gasteiger charge is 2.24. The van der Waals surface area contributed by atoms with E-state index in [2.05, 4.69) is 39.4 Å². The zero-order valence-corrected chi connectivity index (χ0v) is 13.4. The van der Waals surface area contributed by atoms with Crippen LogP contribution in [0.5, 0.6) is 6.01 Å². The minimum absolute atomic E-state index is 0.391. The van der Waals surface area contributed by atoms with Crippen LogP contribution in [0.1, 0.15) is 52.4 Å². The fourth-order valence-corrected chi connectivity index (χ4v) is 2.84. The highest BCUT2D eigenvalue weighted by atomic mass is 16.5. The molecule has 1 saturated carbocycles. The molecule has 0 spiro atoms. The molecule has 118 valence electrons. The van der Waals surface area contributed by atoms with E-state index in [1.165, 1.54) is 32.1 Å². The van der Waals surface area contributed by atoms with Gasteiger partial charge in [-0.1, -0.05) is 33.1 Å². The Morgan fingerprint density at radius 2 is 1.86 bits per heavy atom. The topological polar surface area (TPSA) is 72.0 Å². The maximum absolute atomic E-state index is 5.54. The number of ether oxygens (including phenoxy) is 1. The third kappa shape index (κ3) is 4.44. The second-order valence-electron chi connectivity index (χ2n) is 5.57. The molecule has 2 unspecified atom stereocenters. The highest BCUT2D eigenvalue weighted by molar-refractivity contribution is 5.36. The molecule has 6 nitrogen and oxygen atoms in total. The van der Waals surface area contributed by atoms with Gasteiger partial charge in [-0.15, -0.1) is 0 Å². The molecule has 1 aromatic heterocycles. The van der Waals surface area contributed by atoms with Gasteiger partial charge in [0.2, 0.25) is 11.9 Å². The van der Waals surface area contributed by atoms with Crippen molar-refractivity contribution in [2.75, 3.05) is 24.3 Å². The van der Waals surface area contributed by atoms with E-state index in [1.807, 2.05) is 0 Å². The average molecular weight is 293 g/mol.